The Kier molecular flexibility index (Phi) is 5.32. The lowest BCUT2D eigenvalue weighted by atomic mass is 9.98. The van der Waals surface area contributed by atoms with Gasteiger partial charge < -0.3 is 19.7 Å². The van der Waals surface area contributed by atoms with Crippen LogP contribution in [0.3, 0.4) is 0 Å². The molecule has 0 amide bonds. The van der Waals surface area contributed by atoms with Crippen LogP contribution in [0.15, 0.2) is 60.7 Å². The standard InChI is InChI=1S/C22H22O4/c1-25-19-7-3-15(4-8-19)11-17-13-22(24)18(14-21(17)23)12-16-5-9-20(26-2)10-6-16/h3-10,13-14,23-24H,11-12H2,1-2H3. The maximum atomic E-state index is 10.4. The molecule has 2 N–H and O–H groups in total. The van der Waals surface area contributed by atoms with Crippen LogP contribution in [0, 0.1) is 0 Å². The van der Waals surface area contributed by atoms with Crippen LogP contribution < -0.4 is 9.47 Å². The van der Waals surface area contributed by atoms with Crippen molar-refractivity contribution in [2.75, 3.05) is 14.2 Å². The molecule has 4 heteroatoms. The number of ether oxygens (including phenoxy) is 2. The summed E-state index contributed by atoms with van der Waals surface area (Å²) < 4.78 is 10.3. The number of hydrogen-bond donors (Lipinski definition) is 2. The van der Waals surface area contributed by atoms with Crippen molar-refractivity contribution in [2.24, 2.45) is 0 Å². The summed E-state index contributed by atoms with van der Waals surface area (Å²) in [5.74, 6) is 1.94. The highest BCUT2D eigenvalue weighted by Gasteiger charge is 2.10. The molecule has 0 saturated carbocycles. The molecule has 0 aliphatic rings. The Labute approximate surface area is 153 Å². The van der Waals surface area contributed by atoms with Crippen LogP contribution >= 0.6 is 0 Å². The minimum absolute atomic E-state index is 0.183. The fourth-order valence-corrected chi connectivity index (χ4v) is 2.87. The Morgan fingerprint density at radius 3 is 1.27 bits per heavy atom. The van der Waals surface area contributed by atoms with E-state index in [1.807, 2.05) is 48.5 Å². The number of aromatic hydroxyl groups is 2. The van der Waals surface area contributed by atoms with Crippen LogP contribution in [0.2, 0.25) is 0 Å². The van der Waals surface area contributed by atoms with E-state index in [2.05, 4.69) is 0 Å². The first-order chi connectivity index (χ1) is 12.6. The monoisotopic (exact) mass is 350 g/mol. The number of phenolic OH excluding ortho intramolecular Hbond substituents is 2. The number of rotatable bonds is 6. The SMILES string of the molecule is COc1ccc(Cc2cc(O)c(Cc3ccc(OC)cc3)cc2O)cc1. The molecule has 0 unspecified atom stereocenters. The van der Waals surface area contributed by atoms with Gasteiger partial charge in [0.2, 0.25) is 0 Å². The van der Waals surface area contributed by atoms with Gasteiger partial charge >= 0.3 is 0 Å². The van der Waals surface area contributed by atoms with Gasteiger partial charge in [-0.25, -0.2) is 0 Å². The van der Waals surface area contributed by atoms with Gasteiger partial charge in [-0.3, -0.25) is 0 Å². The minimum atomic E-state index is 0.183. The lowest BCUT2D eigenvalue weighted by molar-refractivity contribution is 0.414. The number of methoxy groups -OCH3 is 2. The zero-order valence-electron chi connectivity index (χ0n) is 14.9. The van der Waals surface area contributed by atoms with E-state index in [0.717, 1.165) is 22.6 Å². The summed E-state index contributed by atoms with van der Waals surface area (Å²) in [6.45, 7) is 0. The Morgan fingerprint density at radius 1 is 0.615 bits per heavy atom. The summed E-state index contributed by atoms with van der Waals surface area (Å²) >= 11 is 0. The summed E-state index contributed by atoms with van der Waals surface area (Å²) in [5.41, 5.74) is 3.43. The first kappa shape index (κ1) is 17.7. The number of benzene rings is 3. The van der Waals surface area contributed by atoms with Crippen molar-refractivity contribution in [3.63, 3.8) is 0 Å². The highest BCUT2D eigenvalue weighted by atomic mass is 16.5. The van der Waals surface area contributed by atoms with Crippen molar-refractivity contribution in [3.05, 3.63) is 82.9 Å². The lowest BCUT2D eigenvalue weighted by Gasteiger charge is -2.11. The van der Waals surface area contributed by atoms with E-state index in [-0.39, 0.29) is 11.5 Å². The van der Waals surface area contributed by atoms with Gasteiger partial charge in [0, 0.05) is 24.0 Å². The third-order valence-electron chi connectivity index (χ3n) is 4.39. The highest BCUT2D eigenvalue weighted by molar-refractivity contribution is 5.49. The van der Waals surface area contributed by atoms with Gasteiger partial charge in [0.15, 0.2) is 0 Å². The second-order valence-corrected chi connectivity index (χ2v) is 6.16. The van der Waals surface area contributed by atoms with Gasteiger partial charge in [-0.2, -0.15) is 0 Å². The minimum Gasteiger partial charge on any atom is -0.508 e. The lowest BCUT2D eigenvalue weighted by Crippen LogP contribution is -1.94. The van der Waals surface area contributed by atoms with Gasteiger partial charge in [-0.05, 0) is 47.5 Å². The fraction of sp³-hybridized carbons (Fsp3) is 0.182. The molecule has 0 aromatic heterocycles. The second-order valence-electron chi connectivity index (χ2n) is 6.16. The van der Waals surface area contributed by atoms with E-state index in [9.17, 15) is 10.2 Å². The molecule has 0 atom stereocenters. The number of hydrogen-bond acceptors (Lipinski definition) is 4. The van der Waals surface area contributed by atoms with E-state index in [0.29, 0.717) is 24.0 Å². The van der Waals surface area contributed by atoms with Crippen molar-refractivity contribution in [2.45, 2.75) is 12.8 Å². The summed E-state index contributed by atoms with van der Waals surface area (Å²) in [7, 11) is 3.25. The molecule has 3 aromatic rings. The van der Waals surface area contributed by atoms with Crippen molar-refractivity contribution in [1.82, 2.24) is 0 Å². The van der Waals surface area contributed by atoms with Crippen LogP contribution in [0.25, 0.3) is 0 Å². The predicted molar refractivity (Wildman–Crippen MR) is 101 cm³/mol. The third kappa shape index (κ3) is 4.09. The summed E-state index contributed by atoms with van der Waals surface area (Å²) in [4.78, 5) is 0. The smallest absolute Gasteiger partial charge is 0.119 e. The molecular formula is C22H22O4. The molecular weight excluding hydrogens is 328 g/mol. The van der Waals surface area contributed by atoms with Crippen LogP contribution in [-0.2, 0) is 12.8 Å². The first-order valence-corrected chi connectivity index (χ1v) is 8.38. The molecule has 0 aliphatic heterocycles. The largest absolute Gasteiger partial charge is 0.508 e. The van der Waals surface area contributed by atoms with Gasteiger partial charge in [0.1, 0.15) is 23.0 Å². The van der Waals surface area contributed by atoms with E-state index in [1.54, 1.807) is 26.4 Å². The Morgan fingerprint density at radius 2 is 0.962 bits per heavy atom. The molecule has 4 nitrogen and oxygen atoms in total. The molecule has 3 aromatic carbocycles. The summed E-state index contributed by atoms with van der Waals surface area (Å²) in [5, 5.41) is 20.8. The maximum Gasteiger partial charge on any atom is 0.119 e. The maximum absolute atomic E-state index is 10.4. The van der Waals surface area contributed by atoms with Crippen molar-refractivity contribution in [1.29, 1.82) is 0 Å². The molecule has 0 aliphatic carbocycles. The summed E-state index contributed by atoms with van der Waals surface area (Å²) in [6, 6.07) is 18.6. The van der Waals surface area contributed by atoms with Crippen molar-refractivity contribution < 1.29 is 19.7 Å². The molecule has 3 rings (SSSR count). The third-order valence-corrected chi connectivity index (χ3v) is 4.39. The fourth-order valence-electron chi connectivity index (χ4n) is 2.87. The van der Waals surface area contributed by atoms with E-state index in [4.69, 9.17) is 9.47 Å². The zero-order chi connectivity index (χ0) is 18.5. The van der Waals surface area contributed by atoms with Crippen LogP contribution in [0.1, 0.15) is 22.3 Å². The molecule has 0 fully saturated rings. The molecule has 0 saturated heterocycles. The van der Waals surface area contributed by atoms with E-state index < -0.39 is 0 Å². The zero-order valence-corrected chi connectivity index (χ0v) is 14.9. The topological polar surface area (TPSA) is 58.9 Å². The van der Waals surface area contributed by atoms with Crippen LogP contribution in [0.4, 0.5) is 0 Å². The quantitative estimate of drug-likeness (QED) is 0.651. The van der Waals surface area contributed by atoms with Crippen LogP contribution in [-0.4, -0.2) is 24.4 Å². The Hall–Kier alpha value is -3.14. The van der Waals surface area contributed by atoms with Crippen molar-refractivity contribution >= 4 is 0 Å². The van der Waals surface area contributed by atoms with Gasteiger partial charge in [-0.1, -0.05) is 24.3 Å². The molecule has 0 spiro atoms. The van der Waals surface area contributed by atoms with E-state index >= 15 is 0 Å². The molecule has 0 bridgehead atoms. The normalized spacial score (nSPS) is 10.5. The molecule has 0 radical (unpaired) electrons. The van der Waals surface area contributed by atoms with Gasteiger partial charge in [-0.15, -0.1) is 0 Å². The van der Waals surface area contributed by atoms with Crippen LogP contribution in [0.5, 0.6) is 23.0 Å². The first-order valence-electron chi connectivity index (χ1n) is 8.38. The average molecular weight is 350 g/mol. The van der Waals surface area contributed by atoms with E-state index in [1.165, 1.54) is 0 Å². The molecule has 0 heterocycles. The predicted octanol–water partition coefficient (Wildman–Crippen LogP) is 4.30. The highest BCUT2D eigenvalue weighted by Crippen LogP contribution is 2.31. The molecule has 134 valence electrons. The average Bonchev–Trinajstić information content (AvgIpc) is 2.67. The van der Waals surface area contributed by atoms with Gasteiger partial charge in [0.25, 0.3) is 0 Å². The summed E-state index contributed by atoms with van der Waals surface area (Å²) in [6.07, 6.45) is 1.07. The second kappa shape index (κ2) is 7.83. The Balaban J connectivity index is 1.78. The van der Waals surface area contributed by atoms with Gasteiger partial charge in [0.05, 0.1) is 14.2 Å². The van der Waals surface area contributed by atoms with Crippen molar-refractivity contribution in [3.8, 4) is 23.0 Å². The number of phenols is 2. The Bertz CT molecular complexity index is 793. The molecule has 26 heavy (non-hydrogen) atoms.